The van der Waals surface area contributed by atoms with Gasteiger partial charge in [-0.3, -0.25) is 10.1 Å². The van der Waals surface area contributed by atoms with Crippen molar-refractivity contribution in [1.29, 1.82) is 0 Å². The van der Waals surface area contributed by atoms with Gasteiger partial charge >= 0.3 is 0 Å². The van der Waals surface area contributed by atoms with Crippen LogP contribution in [0.1, 0.15) is 5.56 Å². The van der Waals surface area contributed by atoms with E-state index in [-0.39, 0.29) is 23.2 Å². The predicted molar refractivity (Wildman–Crippen MR) is 74.9 cm³/mol. The summed E-state index contributed by atoms with van der Waals surface area (Å²) in [6, 6.07) is 5.99. The second kappa shape index (κ2) is 6.38. The lowest BCUT2D eigenvalue weighted by Gasteiger charge is -2.11. The number of nitrogens with zero attached hydrogens (tertiary/aromatic N) is 2. The summed E-state index contributed by atoms with van der Waals surface area (Å²) >= 11 is 5.90. The van der Waals surface area contributed by atoms with Crippen LogP contribution >= 0.6 is 11.6 Å². The molecule has 0 unspecified atom stereocenters. The second-order valence-electron chi connectivity index (χ2n) is 3.98. The molecule has 0 spiro atoms. The third kappa shape index (κ3) is 3.39. The molecule has 1 aromatic carbocycles. The monoisotopic (exact) mass is 310 g/mol. The number of hydrogen-bond acceptors (Lipinski definition) is 6. The number of nitro groups is 1. The Morgan fingerprint density at radius 2 is 2.14 bits per heavy atom. The van der Waals surface area contributed by atoms with E-state index in [1.807, 2.05) is 0 Å². The fourth-order valence-electron chi connectivity index (χ4n) is 1.59. The third-order valence-corrected chi connectivity index (χ3v) is 2.89. The molecule has 0 saturated carbocycles. The van der Waals surface area contributed by atoms with Crippen molar-refractivity contribution in [3.63, 3.8) is 0 Å². The molecule has 0 radical (unpaired) electrons. The zero-order valence-corrected chi connectivity index (χ0v) is 11.7. The predicted octanol–water partition coefficient (Wildman–Crippen LogP) is 2.94. The van der Waals surface area contributed by atoms with Gasteiger partial charge in [0.25, 0.3) is 5.69 Å². The van der Waals surface area contributed by atoms with Gasteiger partial charge in [0.15, 0.2) is 11.5 Å². The van der Waals surface area contributed by atoms with Crippen molar-refractivity contribution < 1.29 is 19.5 Å². The summed E-state index contributed by atoms with van der Waals surface area (Å²) in [5, 5.41) is 19.7. The molecule has 0 bridgehead atoms. The molecule has 21 heavy (non-hydrogen) atoms. The number of benzene rings is 1. The van der Waals surface area contributed by atoms with Gasteiger partial charge in [-0.2, -0.15) is 0 Å². The lowest BCUT2D eigenvalue weighted by Crippen LogP contribution is -1.96. The Balaban J connectivity index is 2.32. The van der Waals surface area contributed by atoms with Crippen LogP contribution in [0.2, 0.25) is 5.02 Å². The minimum atomic E-state index is -0.598. The van der Waals surface area contributed by atoms with E-state index in [0.717, 1.165) is 12.3 Å². The SMILES string of the molecule is COc1cc(CO)ccc1Oc1ncc([N+](=O)[O-])cc1Cl. The Labute approximate surface area is 124 Å². The van der Waals surface area contributed by atoms with Crippen LogP contribution in [0.3, 0.4) is 0 Å². The highest BCUT2D eigenvalue weighted by Gasteiger charge is 2.14. The maximum absolute atomic E-state index is 10.6. The van der Waals surface area contributed by atoms with Crippen molar-refractivity contribution in [2.45, 2.75) is 6.61 Å². The minimum Gasteiger partial charge on any atom is -0.493 e. The summed E-state index contributed by atoms with van der Waals surface area (Å²) in [5.41, 5.74) is 0.428. The van der Waals surface area contributed by atoms with Crippen molar-refractivity contribution in [2.24, 2.45) is 0 Å². The number of rotatable bonds is 5. The molecular weight excluding hydrogens is 300 g/mol. The smallest absolute Gasteiger partial charge is 0.289 e. The Hall–Kier alpha value is -2.38. The lowest BCUT2D eigenvalue weighted by molar-refractivity contribution is -0.385. The first-order valence-corrected chi connectivity index (χ1v) is 6.18. The molecule has 2 aromatic rings. The molecule has 1 heterocycles. The van der Waals surface area contributed by atoms with Crippen molar-refractivity contribution >= 4 is 17.3 Å². The summed E-state index contributed by atoms with van der Waals surface area (Å²) in [6.07, 6.45) is 1.05. The molecule has 0 aliphatic heterocycles. The van der Waals surface area contributed by atoms with Crippen LogP contribution in [0.5, 0.6) is 17.4 Å². The van der Waals surface area contributed by atoms with E-state index in [2.05, 4.69) is 4.98 Å². The second-order valence-corrected chi connectivity index (χ2v) is 4.39. The first-order valence-electron chi connectivity index (χ1n) is 5.80. The number of halogens is 1. The van der Waals surface area contributed by atoms with Crippen LogP contribution in [-0.4, -0.2) is 22.1 Å². The van der Waals surface area contributed by atoms with Gasteiger partial charge in [-0.15, -0.1) is 0 Å². The van der Waals surface area contributed by atoms with Crippen LogP contribution in [0.15, 0.2) is 30.5 Å². The number of aliphatic hydroxyl groups excluding tert-OH is 1. The molecule has 110 valence electrons. The van der Waals surface area contributed by atoms with Crippen molar-refractivity contribution in [3.05, 3.63) is 51.2 Å². The van der Waals surface area contributed by atoms with Gasteiger partial charge in [0.1, 0.15) is 11.2 Å². The van der Waals surface area contributed by atoms with E-state index in [4.69, 9.17) is 26.2 Å². The van der Waals surface area contributed by atoms with Gasteiger partial charge in [-0.1, -0.05) is 17.7 Å². The Bertz CT molecular complexity index is 678. The van der Waals surface area contributed by atoms with E-state index < -0.39 is 4.92 Å². The molecule has 0 aliphatic carbocycles. The highest BCUT2D eigenvalue weighted by atomic mass is 35.5. The average Bonchev–Trinajstić information content (AvgIpc) is 2.49. The first kappa shape index (κ1) is 15.0. The van der Waals surface area contributed by atoms with Crippen LogP contribution in [0, 0.1) is 10.1 Å². The molecule has 0 atom stereocenters. The maximum atomic E-state index is 10.6. The van der Waals surface area contributed by atoms with E-state index in [9.17, 15) is 10.1 Å². The van der Waals surface area contributed by atoms with Gasteiger partial charge in [-0.05, 0) is 17.7 Å². The van der Waals surface area contributed by atoms with Crippen LogP contribution in [0.25, 0.3) is 0 Å². The number of hydrogen-bond donors (Lipinski definition) is 1. The summed E-state index contributed by atoms with van der Waals surface area (Å²) in [7, 11) is 1.45. The fraction of sp³-hybridized carbons (Fsp3) is 0.154. The van der Waals surface area contributed by atoms with Gasteiger partial charge in [0, 0.05) is 6.07 Å². The largest absolute Gasteiger partial charge is 0.493 e. The molecule has 0 aliphatic rings. The number of methoxy groups -OCH3 is 1. The fourth-order valence-corrected chi connectivity index (χ4v) is 1.79. The van der Waals surface area contributed by atoms with Crippen molar-refractivity contribution in [2.75, 3.05) is 7.11 Å². The number of aliphatic hydroxyl groups is 1. The number of aromatic nitrogens is 1. The normalized spacial score (nSPS) is 10.2. The third-order valence-electron chi connectivity index (χ3n) is 2.62. The standard InChI is InChI=1S/C13H11ClN2O5/c1-20-12-4-8(7-17)2-3-11(12)21-13-10(14)5-9(6-15-13)16(18)19/h2-6,17H,7H2,1H3. The average molecular weight is 311 g/mol. The Morgan fingerprint density at radius 3 is 2.71 bits per heavy atom. The zero-order chi connectivity index (χ0) is 15.4. The summed E-state index contributed by atoms with van der Waals surface area (Å²) < 4.78 is 10.6. The van der Waals surface area contributed by atoms with Crippen LogP contribution in [0.4, 0.5) is 5.69 Å². The van der Waals surface area contributed by atoms with E-state index in [1.165, 1.54) is 7.11 Å². The summed E-state index contributed by atoms with van der Waals surface area (Å²) in [5.74, 6) is 0.744. The molecule has 0 fully saturated rings. The van der Waals surface area contributed by atoms with Gasteiger partial charge in [0.2, 0.25) is 5.88 Å². The molecule has 8 heteroatoms. The highest BCUT2D eigenvalue weighted by molar-refractivity contribution is 6.32. The molecule has 1 aromatic heterocycles. The van der Waals surface area contributed by atoms with Gasteiger partial charge in [0.05, 0.1) is 18.6 Å². The molecule has 7 nitrogen and oxygen atoms in total. The molecular formula is C13H11ClN2O5. The van der Waals surface area contributed by atoms with E-state index in [1.54, 1.807) is 18.2 Å². The Kier molecular flexibility index (Phi) is 4.56. The first-order chi connectivity index (χ1) is 10.0. The van der Waals surface area contributed by atoms with Crippen molar-refractivity contribution in [1.82, 2.24) is 4.98 Å². The molecule has 1 N–H and O–H groups in total. The molecule has 2 rings (SSSR count). The quantitative estimate of drug-likeness (QED) is 0.674. The zero-order valence-electron chi connectivity index (χ0n) is 10.9. The number of ether oxygens (including phenoxy) is 2. The number of pyridine rings is 1. The van der Waals surface area contributed by atoms with Crippen LogP contribution in [-0.2, 0) is 6.61 Å². The lowest BCUT2D eigenvalue weighted by atomic mass is 10.2. The topological polar surface area (TPSA) is 94.7 Å². The molecule has 0 amide bonds. The van der Waals surface area contributed by atoms with Crippen LogP contribution < -0.4 is 9.47 Å². The van der Waals surface area contributed by atoms with Gasteiger partial charge < -0.3 is 14.6 Å². The van der Waals surface area contributed by atoms with E-state index in [0.29, 0.717) is 17.1 Å². The van der Waals surface area contributed by atoms with Crippen molar-refractivity contribution in [3.8, 4) is 17.4 Å². The summed E-state index contributed by atoms with van der Waals surface area (Å²) in [6.45, 7) is -0.132. The Morgan fingerprint density at radius 1 is 1.38 bits per heavy atom. The highest BCUT2D eigenvalue weighted by Crippen LogP contribution is 2.35. The van der Waals surface area contributed by atoms with E-state index >= 15 is 0 Å². The summed E-state index contributed by atoms with van der Waals surface area (Å²) in [4.78, 5) is 13.8. The minimum absolute atomic E-state index is 0.0116. The molecule has 0 saturated heterocycles. The maximum Gasteiger partial charge on any atom is 0.289 e. The van der Waals surface area contributed by atoms with Gasteiger partial charge in [-0.25, -0.2) is 4.98 Å².